The molecule has 6 nitrogen and oxygen atoms in total. The minimum absolute atomic E-state index is 0.0408. The van der Waals surface area contributed by atoms with Gasteiger partial charge in [-0.05, 0) is 36.1 Å². The van der Waals surface area contributed by atoms with E-state index in [0.29, 0.717) is 26.2 Å². The summed E-state index contributed by atoms with van der Waals surface area (Å²) in [4.78, 5) is 15.7. The molecule has 0 saturated carbocycles. The summed E-state index contributed by atoms with van der Waals surface area (Å²) in [5.41, 5.74) is 4.57. The van der Waals surface area contributed by atoms with E-state index in [2.05, 4.69) is 28.8 Å². The SMILES string of the molecule is CS(=O)(=O)N1CC2(CCN(C(=O)c3cn(Cc4ccccc4)c4ccccc34)CC2)c2ccccc21. The van der Waals surface area contributed by atoms with Crippen LogP contribution in [0.15, 0.2) is 85.1 Å². The van der Waals surface area contributed by atoms with E-state index in [1.165, 1.54) is 16.1 Å². The van der Waals surface area contributed by atoms with E-state index in [1.807, 2.05) is 65.7 Å². The fourth-order valence-electron chi connectivity index (χ4n) is 5.94. The fraction of sp³-hybridized carbons (Fsp3) is 0.276. The molecule has 3 aromatic carbocycles. The number of fused-ring (bicyclic) bond motifs is 3. The van der Waals surface area contributed by atoms with Crippen molar-refractivity contribution in [1.82, 2.24) is 9.47 Å². The molecule has 6 rings (SSSR count). The quantitative estimate of drug-likeness (QED) is 0.411. The van der Waals surface area contributed by atoms with Gasteiger partial charge >= 0.3 is 0 Å². The zero-order chi connectivity index (χ0) is 24.9. The molecular weight excluding hydrogens is 470 g/mol. The summed E-state index contributed by atoms with van der Waals surface area (Å²) in [6.07, 6.45) is 4.74. The molecule has 184 valence electrons. The molecule has 2 aliphatic heterocycles. The van der Waals surface area contributed by atoms with E-state index in [1.54, 1.807) is 0 Å². The van der Waals surface area contributed by atoms with E-state index in [4.69, 9.17) is 0 Å². The van der Waals surface area contributed by atoms with Gasteiger partial charge in [0.25, 0.3) is 5.91 Å². The Labute approximate surface area is 211 Å². The second kappa shape index (κ2) is 8.52. The Morgan fingerprint density at radius 3 is 2.31 bits per heavy atom. The van der Waals surface area contributed by atoms with Crippen LogP contribution in [-0.4, -0.2) is 49.7 Å². The van der Waals surface area contributed by atoms with Gasteiger partial charge in [-0.15, -0.1) is 0 Å². The zero-order valence-electron chi connectivity index (χ0n) is 20.3. The number of para-hydroxylation sites is 2. The average molecular weight is 500 g/mol. The third-order valence-electron chi connectivity index (χ3n) is 7.81. The highest BCUT2D eigenvalue weighted by Crippen LogP contribution is 2.48. The third kappa shape index (κ3) is 3.78. The second-order valence-corrected chi connectivity index (χ2v) is 11.9. The summed E-state index contributed by atoms with van der Waals surface area (Å²) in [5, 5.41) is 0.966. The van der Waals surface area contributed by atoms with Gasteiger partial charge in [0.1, 0.15) is 0 Å². The Bertz CT molecular complexity index is 1550. The molecule has 7 heteroatoms. The van der Waals surface area contributed by atoms with Crippen LogP contribution in [0.1, 0.15) is 34.3 Å². The number of benzene rings is 3. The van der Waals surface area contributed by atoms with Gasteiger partial charge in [-0.1, -0.05) is 66.7 Å². The van der Waals surface area contributed by atoms with Gasteiger partial charge in [-0.2, -0.15) is 0 Å². The molecule has 1 amide bonds. The number of piperidine rings is 1. The van der Waals surface area contributed by atoms with E-state index in [-0.39, 0.29) is 11.3 Å². The van der Waals surface area contributed by atoms with Gasteiger partial charge in [-0.3, -0.25) is 9.10 Å². The van der Waals surface area contributed by atoms with E-state index < -0.39 is 10.0 Å². The van der Waals surface area contributed by atoms with Crippen LogP contribution in [0, 0.1) is 0 Å². The Morgan fingerprint density at radius 1 is 0.889 bits per heavy atom. The standard InChI is InChI=1S/C29H29N3O3S/c1-36(34,35)32-21-29(25-12-6-8-14-27(25)32)15-17-30(18-16-29)28(33)24-20-31(19-22-9-3-2-4-10-22)26-13-7-5-11-23(24)26/h2-14,20H,15-19,21H2,1H3. The predicted octanol–water partition coefficient (Wildman–Crippen LogP) is 4.64. The van der Waals surface area contributed by atoms with Crippen molar-refractivity contribution < 1.29 is 13.2 Å². The lowest BCUT2D eigenvalue weighted by molar-refractivity contribution is 0.0677. The van der Waals surface area contributed by atoms with Crippen LogP contribution in [-0.2, 0) is 22.0 Å². The number of rotatable bonds is 4. The summed E-state index contributed by atoms with van der Waals surface area (Å²) >= 11 is 0. The van der Waals surface area contributed by atoms with Crippen LogP contribution >= 0.6 is 0 Å². The number of anilines is 1. The normalized spacial score (nSPS) is 17.0. The number of carbonyl (C=O) groups is 1. The first-order chi connectivity index (χ1) is 17.4. The Morgan fingerprint density at radius 2 is 1.56 bits per heavy atom. The monoisotopic (exact) mass is 499 g/mol. The highest BCUT2D eigenvalue weighted by Gasteiger charge is 2.47. The van der Waals surface area contributed by atoms with Crippen molar-refractivity contribution >= 4 is 32.5 Å². The largest absolute Gasteiger partial charge is 0.342 e. The van der Waals surface area contributed by atoms with Crippen LogP contribution in [0.4, 0.5) is 5.69 Å². The first kappa shape index (κ1) is 22.9. The molecule has 3 heterocycles. The van der Waals surface area contributed by atoms with Gasteiger partial charge in [0.05, 0.1) is 17.5 Å². The van der Waals surface area contributed by atoms with Crippen LogP contribution in [0.25, 0.3) is 10.9 Å². The molecule has 36 heavy (non-hydrogen) atoms. The number of carbonyl (C=O) groups excluding carboxylic acids is 1. The number of nitrogens with zero attached hydrogens (tertiary/aromatic N) is 3. The van der Waals surface area contributed by atoms with Crippen molar-refractivity contribution in [2.24, 2.45) is 0 Å². The Hall–Kier alpha value is -3.58. The zero-order valence-corrected chi connectivity index (χ0v) is 21.1. The minimum atomic E-state index is -3.36. The highest BCUT2D eigenvalue weighted by molar-refractivity contribution is 7.92. The number of amides is 1. The van der Waals surface area contributed by atoms with Gasteiger partial charge < -0.3 is 9.47 Å². The van der Waals surface area contributed by atoms with Crippen molar-refractivity contribution in [2.75, 3.05) is 30.2 Å². The first-order valence-electron chi connectivity index (χ1n) is 12.3. The summed E-state index contributed by atoms with van der Waals surface area (Å²) in [6, 6.07) is 26.1. The predicted molar refractivity (Wildman–Crippen MR) is 143 cm³/mol. The molecule has 0 atom stereocenters. The van der Waals surface area contributed by atoms with Crippen LogP contribution in [0.5, 0.6) is 0 Å². The van der Waals surface area contributed by atoms with Crippen molar-refractivity contribution in [3.63, 3.8) is 0 Å². The maximum Gasteiger partial charge on any atom is 0.256 e. The van der Waals surface area contributed by atoms with E-state index in [0.717, 1.165) is 40.6 Å². The molecule has 1 fully saturated rings. The first-order valence-corrected chi connectivity index (χ1v) is 14.2. The number of hydrogen-bond donors (Lipinski definition) is 0. The summed E-state index contributed by atoms with van der Waals surface area (Å²) in [7, 11) is -3.36. The molecule has 0 aliphatic carbocycles. The third-order valence-corrected chi connectivity index (χ3v) is 8.94. The van der Waals surface area contributed by atoms with E-state index in [9.17, 15) is 13.2 Å². The number of aromatic nitrogens is 1. The van der Waals surface area contributed by atoms with Gasteiger partial charge in [0.2, 0.25) is 10.0 Å². The maximum absolute atomic E-state index is 13.8. The molecule has 0 bridgehead atoms. The lowest BCUT2D eigenvalue weighted by Crippen LogP contribution is -2.47. The van der Waals surface area contributed by atoms with Crippen LogP contribution in [0.3, 0.4) is 0 Å². The highest BCUT2D eigenvalue weighted by atomic mass is 32.2. The van der Waals surface area contributed by atoms with Crippen molar-refractivity contribution in [1.29, 1.82) is 0 Å². The molecule has 0 radical (unpaired) electrons. The lowest BCUT2D eigenvalue weighted by Gasteiger charge is -2.39. The van der Waals surface area contributed by atoms with Gasteiger partial charge in [0, 0.05) is 48.7 Å². The summed E-state index contributed by atoms with van der Waals surface area (Å²) in [6.45, 7) is 2.35. The van der Waals surface area contributed by atoms with Gasteiger partial charge in [0.15, 0.2) is 0 Å². The van der Waals surface area contributed by atoms with Crippen molar-refractivity contribution in [3.8, 4) is 0 Å². The minimum Gasteiger partial charge on any atom is -0.342 e. The van der Waals surface area contributed by atoms with Crippen LogP contribution in [0.2, 0.25) is 0 Å². The van der Waals surface area contributed by atoms with Gasteiger partial charge in [-0.25, -0.2) is 8.42 Å². The Kier molecular flexibility index (Phi) is 5.41. The van der Waals surface area contributed by atoms with Crippen LogP contribution < -0.4 is 4.31 Å². The smallest absolute Gasteiger partial charge is 0.256 e. The molecule has 1 aromatic heterocycles. The number of sulfonamides is 1. The van der Waals surface area contributed by atoms with Crippen molar-refractivity contribution in [2.45, 2.75) is 24.8 Å². The number of likely N-dealkylation sites (tertiary alicyclic amines) is 1. The average Bonchev–Trinajstić information content (AvgIpc) is 3.41. The molecule has 4 aromatic rings. The number of hydrogen-bond acceptors (Lipinski definition) is 3. The summed E-state index contributed by atoms with van der Waals surface area (Å²) in [5.74, 6) is 0.0408. The van der Waals surface area contributed by atoms with E-state index >= 15 is 0 Å². The summed E-state index contributed by atoms with van der Waals surface area (Å²) < 4.78 is 28.7. The van der Waals surface area contributed by atoms with Crippen molar-refractivity contribution in [3.05, 3.63) is 102 Å². The fourth-order valence-corrected chi connectivity index (χ4v) is 6.94. The molecule has 0 N–H and O–H groups in total. The lowest BCUT2D eigenvalue weighted by atomic mass is 9.74. The molecule has 0 unspecified atom stereocenters. The molecular formula is C29H29N3O3S. The topological polar surface area (TPSA) is 62.6 Å². The maximum atomic E-state index is 13.8. The second-order valence-electron chi connectivity index (χ2n) is 10.0. The molecule has 2 aliphatic rings. The molecule has 1 saturated heterocycles. The molecule has 1 spiro atoms. The Balaban J connectivity index is 1.27.